The van der Waals surface area contributed by atoms with E-state index in [9.17, 15) is 22.8 Å². The molecule has 1 atom stereocenters. The lowest BCUT2D eigenvalue weighted by molar-refractivity contribution is -0.129. The SMILES string of the molecule is CC(C)(C)OC(=O)NCC1CCC(C(=O)C[C@@H](Cc2cccc(-c3cccc(S(=O)(=O)CC4CC4)c3)c2)C(=O)Nc2ccc(-c3nn[nH]n3)cc2)CC1. The number of H-pyrrole nitrogens is 1. The number of aromatic amines is 1. The molecular weight excluding hydrogens is 693 g/mol. The van der Waals surface area contributed by atoms with Gasteiger partial charge in [-0.1, -0.05) is 36.4 Å². The molecule has 2 fully saturated rings. The topological polar surface area (TPSA) is 173 Å². The number of sulfone groups is 1. The highest BCUT2D eigenvalue weighted by Gasteiger charge is 2.32. The van der Waals surface area contributed by atoms with Crippen LogP contribution in [0.1, 0.15) is 71.3 Å². The maximum Gasteiger partial charge on any atom is 0.407 e. The zero-order chi connectivity index (χ0) is 37.6. The van der Waals surface area contributed by atoms with Crippen LogP contribution in [0.5, 0.6) is 0 Å². The van der Waals surface area contributed by atoms with E-state index in [2.05, 4.69) is 31.3 Å². The van der Waals surface area contributed by atoms with Gasteiger partial charge in [-0.15, -0.1) is 10.2 Å². The standard InChI is InChI=1S/C40H48N6O6S/c1-40(2,3)52-39(49)41-24-26-12-14-29(15-13-26)36(47)23-33(38(48)42-34-18-16-30(17-19-34)37-43-45-46-44-37)21-28-6-4-7-31(20-28)32-8-5-9-35(22-32)53(50,51)25-27-10-11-27/h4-9,16-20,22,26-27,29,33H,10-15,21,23-25H2,1-3H3,(H,41,49)(H,42,48)(H,43,44,45,46)/t26?,29?,33-/m1/s1. The van der Waals surface area contributed by atoms with E-state index < -0.39 is 27.4 Å². The number of alkyl carbamates (subject to hydrolysis) is 1. The number of ether oxygens (including phenoxy) is 1. The summed E-state index contributed by atoms with van der Waals surface area (Å²) in [4.78, 5) is 40.2. The van der Waals surface area contributed by atoms with Crippen LogP contribution >= 0.6 is 0 Å². The molecule has 0 unspecified atom stereocenters. The second-order valence-corrected chi connectivity index (χ2v) is 17.5. The molecule has 1 aromatic heterocycles. The van der Waals surface area contributed by atoms with Crippen LogP contribution < -0.4 is 10.6 Å². The molecule has 0 aliphatic heterocycles. The van der Waals surface area contributed by atoms with Crippen molar-refractivity contribution in [3.63, 3.8) is 0 Å². The number of Topliss-reactive ketones (excluding diaryl/α,β-unsaturated/α-hetero) is 1. The monoisotopic (exact) mass is 740 g/mol. The van der Waals surface area contributed by atoms with Crippen molar-refractivity contribution in [2.45, 2.75) is 82.6 Å². The lowest BCUT2D eigenvalue weighted by Gasteiger charge is -2.29. The fraction of sp³-hybridized carbons (Fsp3) is 0.450. The van der Waals surface area contributed by atoms with Crippen LogP contribution in [0.3, 0.4) is 0 Å². The number of ketones is 1. The highest BCUT2D eigenvalue weighted by Crippen LogP contribution is 2.34. The van der Waals surface area contributed by atoms with Gasteiger partial charge < -0.3 is 15.4 Å². The number of rotatable bonds is 14. The van der Waals surface area contributed by atoms with Crippen LogP contribution in [-0.2, 0) is 30.6 Å². The van der Waals surface area contributed by atoms with Crippen molar-refractivity contribution in [3.8, 4) is 22.5 Å². The Hall–Kier alpha value is -4.91. The molecule has 53 heavy (non-hydrogen) atoms. The lowest BCUT2D eigenvalue weighted by atomic mass is 9.77. The first-order valence-electron chi connectivity index (χ1n) is 18.4. The number of carbonyl (C=O) groups is 3. The Morgan fingerprint density at radius 1 is 0.868 bits per heavy atom. The van der Waals surface area contributed by atoms with E-state index in [-0.39, 0.29) is 41.6 Å². The third kappa shape index (κ3) is 10.8. The van der Waals surface area contributed by atoms with Crippen LogP contribution in [0.15, 0.2) is 77.7 Å². The molecule has 0 spiro atoms. The average molecular weight is 741 g/mol. The van der Waals surface area contributed by atoms with Crippen molar-refractivity contribution in [1.29, 1.82) is 0 Å². The van der Waals surface area contributed by atoms with Crippen LogP contribution in [-0.4, -0.2) is 64.7 Å². The predicted molar refractivity (Wildman–Crippen MR) is 201 cm³/mol. The molecule has 13 heteroatoms. The van der Waals surface area contributed by atoms with E-state index in [0.29, 0.717) is 42.2 Å². The summed E-state index contributed by atoms with van der Waals surface area (Å²) in [6.07, 6.45) is 4.86. The van der Waals surface area contributed by atoms with E-state index in [1.807, 2.05) is 51.1 Å². The van der Waals surface area contributed by atoms with Crippen LogP contribution in [0.4, 0.5) is 10.5 Å². The molecule has 2 amide bonds. The fourth-order valence-electron chi connectivity index (χ4n) is 6.85. The van der Waals surface area contributed by atoms with Crippen molar-refractivity contribution in [1.82, 2.24) is 25.9 Å². The zero-order valence-corrected chi connectivity index (χ0v) is 31.3. The minimum absolute atomic E-state index is 0.0564. The van der Waals surface area contributed by atoms with Gasteiger partial charge in [0.05, 0.1) is 10.6 Å². The summed E-state index contributed by atoms with van der Waals surface area (Å²) in [6.45, 7) is 5.97. The van der Waals surface area contributed by atoms with Gasteiger partial charge in [0.15, 0.2) is 9.84 Å². The van der Waals surface area contributed by atoms with Gasteiger partial charge in [-0.3, -0.25) is 9.59 Å². The number of amides is 2. The molecule has 12 nitrogen and oxygen atoms in total. The second-order valence-electron chi connectivity index (χ2n) is 15.4. The quantitative estimate of drug-likeness (QED) is 0.126. The Bertz CT molecular complexity index is 2000. The van der Waals surface area contributed by atoms with Crippen molar-refractivity contribution >= 4 is 33.3 Å². The molecule has 4 aromatic rings. The van der Waals surface area contributed by atoms with E-state index in [4.69, 9.17) is 4.74 Å². The number of anilines is 1. The van der Waals surface area contributed by atoms with Crippen molar-refractivity contribution in [3.05, 3.63) is 78.4 Å². The maximum atomic E-state index is 13.9. The van der Waals surface area contributed by atoms with Gasteiger partial charge in [-0.2, -0.15) is 5.21 Å². The number of aromatic nitrogens is 4. The molecule has 1 heterocycles. The number of carbonyl (C=O) groups excluding carboxylic acids is 3. The van der Waals surface area contributed by atoms with Gasteiger partial charge in [0.2, 0.25) is 11.7 Å². The molecule has 3 aromatic carbocycles. The summed E-state index contributed by atoms with van der Waals surface area (Å²) in [5, 5.41) is 19.9. The molecule has 0 saturated heterocycles. The normalized spacial score (nSPS) is 18.2. The summed E-state index contributed by atoms with van der Waals surface area (Å²) in [7, 11) is -3.38. The molecular formula is C40H48N6O6S. The number of hydrogen-bond donors (Lipinski definition) is 3. The van der Waals surface area contributed by atoms with Gasteiger partial charge in [-0.05, 0) is 136 Å². The first-order valence-corrected chi connectivity index (χ1v) is 20.0. The highest BCUT2D eigenvalue weighted by atomic mass is 32.2. The van der Waals surface area contributed by atoms with Crippen LogP contribution in [0, 0.1) is 23.7 Å². The average Bonchev–Trinajstić information content (AvgIpc) is 3.76. The number of nitrogens with one attached hydrogen (secondary N) is 3. The highest BCUT2D eigenvalue weighted by molar-refractivity contribution is 7.91. The third-order valence-corrected chi connectivity index (χ3v) is 11.8. The Labute approximate surface area is 310 Å². The van der Waals surface area contributed by atoms with Crippen LogP contribution in [0.25, 0.3) is 22.5 Å². The molecule has 2 aliphatic rings. The van der Waals surface area contributed by atoms with Crippen molar-refractivity contribution in [2.75, 3.05) is 17.6 Å². The van der Waals surface area contributed by atoms with E-state index >= 15 is 0 Å². The number of tetrazole rings is 1. The molecule has 2 saturated carbocycles. The van der Waals surface area contributed by atoms with Gasteiger partial charge >= 0.3 is 6.09 Å². The van der Waals surface area contributed by atoms with Gasteiger partial charge in [0.1, 0.15) is 11.4 Å². The van der Waals surface area contributed by atoms with E-state index in [1.165, 1.54) is 0 Å². The number of benzene rings is 3. The summed E-state index contributed by atoms with van der Waals surface area (Å²) >= 11 is 0. The van der Waals surface area contributed by atoms with Gasteiger partial charge in [0, 0.05) is 36.1 Å². The molecule has 6 rings (SSSR count). The van der Waals surface area contributed by atoms with Gasteiger partial charge in [0.25, 0.3) is 0 Å². The lowest BCUT2D eigenvalue weighted by Crippen LogP contribution is -2.37. The Morgan fingerprint density at radius 2 is 1.55 bits per heavy atom. The van der Waals surface area contributed by atoms with Crippen molar-refractivity contribution < 1.29 is 27.5 Å². The summed E-state index contributed by atoms with van der Waals surface area (Å²) in [5.74, 6) is 0.0954. The number of nitrogens with zero attached hydrogens (tertiary/aromatic N) is 3. The molecule has 3 N–H and O–H groups in total. The third-order valence-electron chi connectivity index (χ3n) is 9.90. The molecule has 0 bridgehead atoms. The van der Waals surface area contributed by atoms with Crippen molar-refractivity contribution in [2.24, 2.45) is 23.7 Å². The zero-order valence-electron chi connectivity index (χ0n) is 30.5. The summed E-state index contributed by atoms with van der Waals surface area (Å²) in [5.41, 5.74) is 3.23. The number of hydrogen-bond acceptors (Lipinski definition) is 9. The predicted octanol–water partition coefficient (Wildman–Crippen LogP) is 6.81. The van der Waals surface area contributed by atoms with E-state index in [1.54, 1.807) is 42.5 Å². The second kappa shape index (κ2) is 16.4. The van der Waals surface area contributed by atoms with Crippen LogP contribution in [0.2, 0.25) is 0 Å². The Kier molecular flexibility index (Phi) is 11.7. The minimum atomic E-state index is -3.38. The Morgan fingerprint density at radius 3 is 2.21 bits per heavy atom. The molecule has 0 radical (unpaired) electrons. The minimum Gasteiger partial charge on any atom is -0.444 e. The first-order chi connectivity index (χ1) is 25.3. The molecule has 280 valence electrons. The Balaban J connectivity index is 1.14. The summed E-state index contributed by atoms with van der Waals surface area (Å²) < 4.78 is 31.4. The summed E-state index contributed by atoms with van der Waals surface area (Å²) in [6, 6.07) is 21.9. The largest absolute Gasteiger partial charge is 0.444 e. The molecule has 2 aliphatic carbocycles. The van der Waals surface area contributed by atoms with Gasteiger partial charge in [-0.25, -0.2) is 13.2 Å². The smallest absolute Gasteiger partial charge is 0.407 e. The first kappa shape index (κ1) is 37.8. The van der Waals surface area contributed by atoms with E-state index in [0.717, 1.165) is 47.9 Å². The fourth-order valence-corrected chi connectivity index (χ4v) is 8.59. The maximum absolute atomic E-state index is 13.9.